The van der Waals surface area contributed by atoms with Crippen LogP contribution in [0.1, 0.15) is 21.7 Å². The molecule has 0 saturated carbocycles. The van der Waals surface area contributed by atoms with E-state index in [-0.39, 0.29) is 5.91 Å². The van der Waals surface area contributed by atoms with Crippen LogP contribution in [0.5, 0.6) is 0 Å². The molecule has 0 bridgehead atoms. The Morgan fingerprint density at radius 1 is 1.44 bits per heavy atom. The molecule has 1 aromatic heterocycles. The number of carbonyl (C=O) groups excluding carboxylic acids is 1. The van der Waals surface area contributed by atoms with Crippen molar-refractivity contribution in [3.05, 3.63) is 47.7 Å². The van der Waals surface area contributed by atoms with E-state index in [0.29, 0.717) is 12.1 Å². The van der Waals surface area contributed by atoms with Crippen molar-refractivity contribution < 1.29 is 9.21 Å². The summed E-state index contributed by atoms with van der Waals surface area (Å²) in [5.41, 5.74) is 2.61. The number of oxazole rings is 1. The van der Waals surface area contributed by atoms with Crippen LogP contribution in [0.4, 0.5) is 5.69 Å². The molecular weight excluding hydrogens is 230 g/mol. The summed E-state index contributed by atoms with van der Waals surface area (Å²) in [5, 5.41) is 5.82. The highest BCUT2D eigenvalue weighted by atomic mass is 16.3. The fraction of sp³-hybridized carbons (Fsp3) is 0.231. The van der Waals surface area contributed by atoms with Gasteiger partial charge in [-0.05, 0) is 24.6 Å². The van der Waals surface area contributed by atoms with Crippen molar-refractivity contribution in [2.75, 3.05) is 12.4 Å². The van der Waals surface area contributed by atoms with Gasteiger partial charge >= 0.3 is 0 Å². The molecule has 0 atom stereocenters. The Kier molecular flexibility index (Phi) is 3.62. The highest BCUT2D eigenvalue weighted by molar-refractivity contribution is 5.95. The number of nitrogens with one attached hydrogen (secondary N) is 2. The van der Waals surface area contributed by atoms with E-state index in [4.69, 9.17) is 4.42 Å². The number of hydrogen-bond acceptors (Lipinski definition) is 4. The second-order valence-corrected chi connectivity index (χ2v) is 3.93. The summed E-state index contributed by atoms with van der Waals surface area (Å²) in [6.45, 7) is 2.52. The lowest BCUT2D eigenvalue weighted by Gasteiger charge is -2.10. The lowest BCUT2D eigenvalue weighted by atomic mass is 10.1. The monoisotopic (exact) mass is 245 g/mol. The van der Waals surface area contributed by atoms with Gasteiger partial charge in [0.1, 0.15) is 5.76 Å². The van der Waals surface area contributed by atoms with Crippen LogP contribution in [0.15, 0.2) is 35.2 Å². The van der Waals surface area contributed by atoms with Crippen LogP contribution in [-0.2, 0) is 6.54 Å². The second-order valence-electron chi connectivity index (χ2n) is 3.93. The maximum Gasteiger partial charge on any atom is 0.251 e. The zero-order valence-electron chi connectivity index (χ0n) is 10.4. The number of aryl methyl sites for hydroxylation is 1. The van der Waals surface area contributed by atoms with E-state index in [1.54, 1.807) is 19.3 Å². The van der Waals surface area contributed by atoms with Crippen molar-refractivity contribution in [2.24, 2.45) is 0 Å². The summed E-state index contributed by atoms with van der Waals surface area (Å²) >= 11 is 0. The van der Waals surface area contributed by atoms with E-state index in [9.17, 15) is 4.79 Å². The SMILES string of the molecule is CNC(=O)c1ccc(C)c(NCc2cnco2)c1. The Balaban J connectivity index is 2.13. The zero-order valence-corrected chi connectivity index (χ0v) is 10.4. The smallest absolute Gasteiger partial charge is 0.251 e. The van der Waals surface area contributed by atoms with Gasteiger partial charge in [-0.2, -0.15) is 0 Å². The molecule has 0 saturated heterocycles. The Morgan fingerprint density at radius 2 is 2.28 bits per heavy atom. The third-order valence-electron chi connectivity index (χ3n) is 2.66. The first kappa shape index (κ1) is 12.2. The number of aromatic nitrogens is 1. The third-order valence-corrected chi connectivity index (χ3v) is 2.66. The molecule has 94 valence electrons. The van der Waals surface area contributed by atoms with Gasteiger partial charge in [0.05, 0.1) is 12.7 Å². The molecule has 0 aliphatic carbocycles. The quantitative estimate of drug-likeness (QED) is 0.864. The van der Waals surface area contributed by atoms with Crippen LogP contribution in [0.2, 0.25) is 0 Å². The van der Waals surface area contributed by atoms with Crippen molar-refractivity contribution in [3.63, 3.8) is 0 Å². The van der Waals surface area contributed by atoms with Crippen molar-refractivity contribution in [1.29, 1.82) is 0 Å². The standard InChI is InChI=1S/C13H15N3O2/c1-9-3-4-10(13(17)14-2)5-12(9)16-7-11-6-15-8-18-11/h3-6,8,16H,7H2,1-2H3,(H,14,17). The van der Waals surface area contributed by atoms with Crippen molar-refractivity contribution in [2.45, 2.75) is 13.5 Å². The molecule has 0 unspecified atom stereocenters. The first-order valence-electron chi connectivity index (χ1n) is 5.64. The number of hydrogen-bond donors (Lipinski definition) is 2. The maximum absolute atomic E-state index is 11.5. The fourth-order valence-electron chi connectivity index (χ4n) is 1.61. The van der Waals surface area contributed by atoms with E-state index < -0.39 is 0 Å². The minimum absolute atomic E-state index is 0.0993. The van der Waals surface area contributed by atoms with Gasteiger partial charge in [-0.1, -0.05) is 6.07 Å². The summed E-state index contributed by atoms with van der Waals surface area (Å²) in [7, 11) is 1.61. The third kappa shape index (κ3) is 2.68. The van der Waals surface area contributed by atoms with E-state index in [1.165, 1.54) is 6.39 Å². The van der Waals surface area contributed by atoms with Crippen molar-refractivity contribution >= 4 is 11.6 Å². The first-order chi connectivity index (χ1) is 8.70. The number of nitrogens with zero attached hydrogens (tertiary/aromatic N) is 1. The van der Waals surface area contributed by atoms with Crippen LogP contribution in [0, 0.1) is 6.92 Å². The Labute approximate surface area is 105 Å². The normalized spacial score (nSPS) is 10.1. The maximum atomic E-state index is 11.5. The average Bonchev–Trinajstić information content (AvgIpc) is 2.90. The summed E-state index contributed by atoms with van der Waals surface area (Å²) in [6.07, 6.45) is 3.05. The fourth-order valence-corrected chi connectivity index (χ4v) is 1.61. The Morgan fingerprint density at radius 3 is 2.94 bits per heavy atom. The van der Waals surface area contributed by atoms with Crippen LogP contribution < -0.4 is 10.6 Å². The largest absolute Gasteiger partial charge is 0.447 e. The van der Waals surface area contributed by atoms with Gasteiger partial charge < -0.3 is 15.1 Å². The summed E-state index contributed by atoms with van der Waals surface area (Å²) in [4.78, 5) is 15.4. The van der Waals surface area contributed by atoms with Gasteiger partial charge in [-0.3, -0.25) is 4.79 Å². The van der Waals surface area contributed by atoms with Gasteiger partial charge in [0.25, 0.3) is 5.91 Å². The van der Waals surface area contributed by atoms with Gasteiger partial charge in [0, 0.05) is 18.3 Å². The van der Waals surface area contributed by atoms with Crippen LogP contribution in [0.25, 0.3) is 0 Å². The molecule has 1 amide bonds. The summed E-state index contributed by atoms with van der Waals surface area (Å²) < 4.78 is 5.14. The molecule has 2 N–H and O–H groups in total. The lowest BCUT2D eigenvalue weighted by molar-refractivity contribution is 0.0963. The molecule has 5 heteroatoms. The van der Waals surface area contributed by atoms with Crippen molar-refractivity contribution in [1.82, 2.24) is 10.3 Å². The summed E-state index contributed by atoms with van der Waals surface area (Å²) in [6, 6.07) is 5.53. The lowest BCUT2D eigenvalue weighted by Crippen LogP contribution is -2.18. The second kappa shape index (κ2) is 5.35. The van der Waals surface area contributed by atoms with E-state index in [0.717, 1.165) is 17.0 Å². The highest BCUT2D eigenvalue weighted by Gasteiger charge is 2.06. The molecule has 0 aliphatic heterocycles. The molecule has 0 fully saturated rings. The topological polar surface area (TPSA) is 67.2 Å². The molecule has 5 nitrogen and oxygen atoms in total. The van der Waals surface area contributed by atoms with E-state index in [1.807, 2.05) is 19.1 Å². The van der Waals surface area contributed by atoms with Gasteiger partial charge in [-0.25, -0.2) is 4.98 Å². The molecular formula is C13H15N3O2. The van der Waals surface area contributed by atoms with Crippen LogP contribution >= 0.6 is 0 Å². The molecule has 0 spiro atoms. The van der Waals surface area contributed by atoms with Crippen LogP contribution in [0.3, 0.4) is 0 Å². The minimum atomic E-state index is -0.0993. The molecule has 0 aliphatic rings. The zero-order chi connectivity index (χ0) is 13.0. The molecule has 18 heavy (non-hydrogen) atoms. The molecule has 2 aromatic rings. The van der Waals surface area contributed by atoms with Gasteiger partial charge in [-0.15, -0.1) is 0 Å². The van der Waals surface area contributed by atoms with Gasteiger partial charge in [0.2, 0.25) is 0 Å². The Bertz CT molecular complexity index is 535. The predicted octanol–water partition coefficient (Wildman–Crippen LogP) is 1.95. The van der Waals surface area contributed by atoms with Gasteiger partial charge in [0.15, 0.2) is 6.39 Å². The Hall–Kier alpha value is -2.30. The molecule has 2 rings (SSSR count). The number of carbonyl (C=O) groups is 1. The average molecular weight is 245 g/mol. The number of anilines is 1. The number of amides is 1. The predicted molar refractivity (Wildman–Crippen MR) is 68.4 cm³/mol. The first-order valence-corrected chi connectivity index (χ1v) is 5.64. The molecule has 1 heterocycles. The van der Waals surface area contributed by atoms with Crippen molar-refractivity contribution in [3.8, 4) is 0 Å². The van der Waals surface area contributed by atoms with Crippen LogP contribution in [-0.4, -0.2) is 17.9 Å². The minimum Gasteiger partial charge on any atom is -0.447 e. The molecule has 0 radical (unpaired) electrons. The summed E-state index contributed by atoms with van der Waals surface area (Å²) in [5.74, 6) is 0.650. The number of benzene rings is 1. The number of rotatable bonds is 4. The molecule has 1 aromatic carbocycles. The van der Waals surface area contributed by atoms with E-state index in [2.05, 4.69) is 15.6 Å². The van der Waals surface area contributed by atoms with E-state index >= 15 is 0 Å². The highest BCUT2D eigenvalue weighted by Crippen LogP contribution is 2.17.